The lowest BCUT2D eigenvalue weighted by Crippen LogP contribution is -2.28. The molecule has 0 saturated carbocycles. The van der Waals surface area contributed by atoms with Crippen LogP contribution in [0.15, 0.2) is 53.0 Å². The number of imidazole rings is 1. The molecule has 2 amide bonds. The van der Waals surface area contributed by atoms with Crippen LogP contribution in [0, 0.1) is 0 Å². The lowest BCUT2D eigenvalue weighted by Gasteiger charge is -2.15. The first-order valence-electron chi connectivity index (χ1n) is 8.21. The third-order valence-electron chi connectivity index (χ3n) is 3.90. The van der Waals surface area contributed by atoms with Crippen molar-refractivity contribution >= 4 is 44.5 Å². The third-order valence-corrected chi connectivity index (χ3v) is 4.39. The number of fused-ring (bicyclic) bond motifs is 1. The SMILES string of the molecule is CC(=O)NC(C)c1nc2ccccc2n1CC(=O)Nc1cccc(Br)c1. The molecule has 1 unspecified atom stereocenters. The lowest BCUT2D eigenvalue weighted by atomic mass is 10.3. The first-order valence-corrected chi connectivity index (χ1v) is 9.01. The van der Waals surface area contributed by atoms with Gasteiger partial charge < -0.3 is 15.2 Å². The molecule has 2 N–H and O–H groups in total. The van der Waals surface area contributed by atoms with E-state index in [0.717, 1.165) is 15.5 Å². The summed E-state index contributed by atoms with van der Waals surface area (Å²) < 4.78 is 2.73. The molecule has 1 atom stereocenters. The predicted molar refractivity (Wildman–Crippen MR) is 105 cm³/mol. The molecule has 3 rings (SSSR count). The second-order valence-corrected chi connectivity index (χ2v) is 6.94. The zero-order valence-electron chi connectivity index (χ0n) is 14.5. The van der Waals surface area contributed by atoms with E-state index < -0.39 is 0 Å². The first-order chi connectivity index (χ1) is 12.4. The number of anilines is 1. The Morgan fingerprint density at radius 3 is 2.69 bits per heavy atom. The van der Waals surface area contributed by atoms with E-state index in [1.165, 1.54) is 6.92 Å². The minimum atomic E-state index is -0.307. The van der Waals surface area contributed by atoms with Crippen molar-refractivity contribution in [3.63, 3.8) is 0 Å². The van der Waals surface area contributed by atoms with Crippen LogP contribution in [0.25, 0.3) is 11.0 Å². The molecule has 0 saturated heterocycles. The monoisotopic (exact) mass is 414 g/mol. The maximum absolute atomic E-state index is 12.6. The van der Waals surface area contributed by atoms with Gasteiger partial charge in [0.05, 0.1) is 17.1 Å². The minimum absolute atomic E-state index is 0.103. The highest BCUT2D eigenvalue weighted by atomic mass is 79.9. The van der Waals surface area contributed by atoms with Gasteiger partial charge in [0.1, 0.15) is 12.4 Å². The summed E-state index contributed by atoms with van der Waals surface area (Å²) in [7, 11) is 0. The number of nitrogens with one attached hydrogen (secondary N) is 2. The smallest absolute Gasteiger partial charge is 0.244 e. The fourth-order valence-electron chi connectivity index (χ4n) is 2.87. The second kappa shape index (κ2) is 7.70. The van der Waals surface area contributed by atoms with Crippen molar-refractivity contribution in [1.82, 2.24) is 14.9 Å². The molecule has 134 valence electrons. The molecule has 3 aromatic rings. The van der Waals surface area contributed by atoms with Crippen LogP contribution in [0.5, 0.6) is 0 Å². The fourth-order valence-corrected chi connectivity index (χ4v) is 3.27. The van der Waals surface area contributed by atoms with Crippen LogP contribution >= 0.6 is 15.9 Å². The number of para-hydroxylation sites is 2. The summed E-state index contributed by atoms with van der Waals surface area (Å²) in [5.74, 6) is 0.336. The van der Waals surface area contributed by atoms with Gasteiger partial charge in [0.2, 0.25) is 11.8 Å². The molecular weight excluding hydrogens is 396 g/mol. The van der Waals surface area contributed by atoms with E-state index in [1.807, 2.05) is 60.0 Å². The van der Waals surface area contributed by atoms with Crippen LogP contribution in [0.2, 0.25) is 0 Å². The van der Waals surface area contributed by atoms with Crippen LogP contribution in [0.1, 0.15) is 25.7 Å². The van der Waals surface area contributed by atoms with Gasteiger partial charge >= 0.3 is 0 Å². The Morgan fingerprint density at radius 2 is 1.96 bits per heavy atom. The molecule has 0 aliphatic rings. The van der Waals surface area contributed by atoms with Crippen molar-refractivity contribution in [1.29, 1.82) is 0 Å². The van der Waals surface area contributed by atoms with Gasteiger partial charge in [-0.25, -0.2) is 4.98 Å². The highest BCUT2D eigenvalue weighted by molar-refractivity contribution is 9.10. The average Bonchev–Trinajstić information content (AvgIpc) is 2.93. The van der Waals surface area contributed by atoms with Crippen LogP contribution in [0.3, 0.4) is 0 Å². The number of amides is 2. The van der Waals surface area contributed by atoms with E-state index in [2.05, 4.69) is 31.5 Å². The fraction of sp³-hybridized carbons (Fsp3) is 0.211. The summed E-state index contributed by atoms with van der Waals surface area (Å²) in [5, 5.41) is 5.72. The Morgan fingerprint density at radius 1 is 1.19 bits per heavy atom. The predicted octanol–water partition coefficient (Wildman–Crippen LogP) is 3.63. The molecule has 0 spiro atoms. The number of nitrogens with zero attached hydrogens (tertiary/aromatic N) is 2. The second-order valence-electron chi connectivity index (χ2n) is 6.03. The molecule has 7 heteroatoms. The molecule has 0 aliphatic carbocycles. The van der Waals surface area contributed by atoms with E-state index in [4.69, 9.17) is 0 Å². The highest BCUT2D eigenvalue weighted by Gasteiger charge is 2.19. The van der Waals surface area contributed by atoms with Crippen LogP contribution in [-0.4, -0.2) is 21.4 Å². The number of hydrogen-bond acceptors (Lipinski definition) is 3. The Labute approximate surface area is 159 Å². The molecule has 2 aromatic carbocycles. The largest absolute Gasteiger partial charge is 0.347 e. The zero-order chi connectivity index (χ0) is 18.7. The molecule has 0 radical (unpaired) electrons. The van der Waals surface area contributed by atoms with Gasteiger partial charge in [0.15, 0.2) is 0 Å². The maximum Gasteiger partial charge on any atom is 0.244 e. The Bertz CT molecular complexity index is 967. The Hall–Kier alpha value is -2.67. The molecule has 1 heterocycles. The van der Waals surface area contributed by atoms with Gasteiger partial charge in [-0.1, -0.05) is 34.1 Å². The summed E-state index contributed by atoms with van der Waals surface area (Å²) in [5.41, 5.74) is 2.35. The first kappa shape index (κ1) is 18.1. The number of hydrogen-bond donors (Lipinski definition) is 2. The van der Waals surface area contributed by atoms with Crippen molar-refractivity contribution in [2.45, 2.75) is 26.4 Å². The minimum Gasteiger partial charge on any atom is -0.347 e. The van der Waals surface area contributed by atoms with E-state index >= 15 is 0 Å². The van der Waals surface area contributed by atoms with Gasteiger partial charge in [-0.2, -0.15) is 0 Å². The van der Waals surface area contributed by atoms with E-state index in [1.54, 1.807) is 0 Å². The summed E-state index contributed by atoms with van der Waals surface area (Å²) in [6.45, 7) is 3.42. The summed E-state index contributed by atoms with van der Waals surface area (Å²) >= 11 is 3.39. The number of rotatable bonds is 5. The normalized spacial score (nSPS) is 12.0. The van der Waals surface area contributed by atoms with Gasteiger partial charge in [0.25, 0.3) is 0 Å². The van der Waals surface area contributed by atoms with Gasteiger partial charge in [-0.05, 0) is 37.3 Å². The standard InChI is InChI=1S/C19H19BrN4O2/c1-12(21-13(2)25)19-23-16-8-3-4-9-17(16)24(19)11-18(26)22-15-7-5-6-14(20)10-15/h3-10,12H,11H2,1-2H3,(H,21,25)(H,22,26). The van der Waals surface area contributed by atoms with E-state index in [-0.39, 0.29) is 24.4 Å². The Kier molecular flexibility index (Phi) is 5.37. The quantitative estimate of drug-likeness (QED) is 0.668. The Balaban J connectivity index is 1.90. The number of benzene rings is 2. The number of carbonyl (C=O) groups excluding carboxylic acids is 2. The van der Waals surface area contributed by atoms with Crippen molar-refractivity contribution in [3.8, 4) is 0 Å². The molecular formula is C19H19BrN4O2. The zero-order valence-corrected chi connectivity index (χ0v) is 16.1. The van der Waals surface area contributed by atoms with Crippen molar-refractivity contribution in [3.05, 3.63) is 58.8 Å². The van der Waals surface area contributed by atoms with E-state index in [9.17, 15) is 9.59 Å². The summed E-state index contributed by atoms with van der Waals surface area (Å²) in [4.78, 5) is 28.6. The van der Waals surface area contributed by atoms with Crippen LogP contribution < -0.4 is 10.6 Å². The molecule has 6 nitrogen and oxygen atoms in total. The number of halogens is 1. The molecule has 0 aliphatic heterocycles. The molecule has 26 heavy (non-hydrogen) atoms. The maximum atomic E-state index is 12.6. The van der Waals surface area contributed by atoms with Crippen molar-refractivity contribution < 1.29 is 9.59 Å². The number of carbonyl (C=O) groups is 2. The van der Waals surface area contributed by atoms with Crippen LogP contribution in [0.4, 0.5) is 5.69 Å². The van der Waals surface area contributed by atoms with Gasteiger partial charge in [-0.3, -0.25) is 9.59 Å². The average molecular weight is 415 g/mol. The number of aromatic nitrogens is 2. The third kappa shape index (κ3) is 4.11. The molecule has 1 aromatic heterocycles. The van der Waals surface area contributed by atoms with Crippen LogP contribution in [-0.2, 0) is 16.1 Å². The van der Waals surface area contributed by atoms with Crippen molar-refractivity contribution in [2.75, 3.05) is 5.32 Å². The van der Waals surface area contributed by atoms with E-state index in [0.29, 0.717) is 11.5 Å². The van der Waals surface area contributed by atoms with Gasteiger partial charge in [-0.15, -0.1) is 0 Å². The molecule has 0 bridgehead atoms. The topological polar surface area (TPSA) is 76.0 Å². The summed E-state index contributed by atoms with van der Waals surface area (Å²) in [6, 6.07) is 14.7. The highest BCUT2D eigenvalue weighted by Crippen LogP contribution is 2.21. The van der Waals surface area contributed by atoms with Crippen molar-refractivity contribution in [2.24, 2.45) is 0 Å². The lowest BCUT2D eigenvalue weighted by molar-refractivity contribution is -0.119. The molecule has 0 fully saturated rings. The van der Waals surface area contributed by atoms with Gasteiger partial charge in [0, 0.05) is 17.1 Å². The summed E-state index contributed by atoms with van der Waals surface area (Å²) in [6.07, 6.45) is 0.